The van der Waals surface area contributed by atoms with Gasteiger partial charge in [-0.3, -0.25) is 4.79 Å². The van der Waals surface area contributed by atoms with Crippen LogP contribution in [0.15, 0.2) is 12.1 Å². The van der Waals surface area contributed by atoms with Crippen molar-refractivity contribution in [3.05, 3.63) is 28.3 Å². The molecule has 0 radical (unpaired) electrons. The molecule has 0 saturated carbocycles. The van der Waals surface area contributed by atoms with Crippen LogP contribution >= 0.6 is 11.6 Å². The first-order valence-corrected chi connectivity index (χ1v) is 7.57. The van der Waals surface area contributed by atoms with E-state index >= 15 is 0 Å². The Hall–Kier alpha value is -1.22. The van der Waals surface area contributed by atoms with E-state index in [1.807, 2.05) is 12.1 Å². The molecule has 3 nitrogen and oxygen atoms in total. The number of anilines is 1. The largest absolute Gasteiger partial charge is 0.481 e. The molecule has 0 unspecified atom stereocenters. The number of aryl methyl sites for hydroxylation is 2. The maximum absolute atomic E-state index is 10.7. The Kier molecular flexibility index (Phi) is 6.86. The first-order valence-electron chi connectivity index (χ1n) is 7.19. The molecule has 0 saturated heterocycles. The van der Waals surface area contributed by atoms with Gasteiger partial charge in [0.15, 0.2) is 0 Å². The maximum atomic E-state index is 10.7. The molecule has 0 bridgehead atoms. The minimum absolute atomic E-state index is 0.217. The second-order valence-corrected chi connectivity index (χ2v) is 5.66. The summed E-state index contributed by atoms with van der Waals surface area (Å²) in [5.74, 6) is -0.731. The first kappa shape index (κ1) is 16.8. The number of rotatable bonds is 8. The third kappa shape index (κ3) is 5.04. The van der Waals surface area contributed by atoms with Crippen LogP contribution in [0.1, 0.15) is 43.7 Å². The van der Waals surface area contributed by atoms with Gasteiger partial charge >= 0.3 is 5.97 Å². The second-order valence-electron chi connectivity index (χ2n) is 5.23. The van der Waals surface area contributed by atoms with E-state index < -0.39 is 5.97 Å². The molecule has 0 aromatic heterocycles. The third-order valence-corrected chi connectivity index (χ3v) is 3.59. The van der Waals surface area contributed by atoms with E-state index in [0.717, 1.165) is 42.1 Å². The van der Waals surface area contributed by atoms with Gasteiger partial charge in [0.2, 0.25) is 0 Å². The zero-order chi connectivity index (χ0) is 15.1. The minimum Gasteiger partial charge on any atom is -0.481 e. The fourth-order valence-electron chi connectivity index (χ4n) is 2.51. The number of carboxylic acid groups (broad SMARTS) is 1. The average molecular weight is 298 g/mol. The van der Waals surface area contributed by atoms with E-state index in [4.69, 9.17) is 16.7 Å². The standard InChI is InChI=1S/C16H24ClNO2/c1-4-5-8-18(9-6-7-15(19)20)16-12(2)10-14(17)11-13(16)3/h10-11H,4-9H2,1-3H3,(H,19,20). The van der Waals surface area contributed by atoms with Gasteiger partial charge in [0.25, 0.3) is 0 Å². The van der Waals surface area contributed by atoms with Gasteiger partial charge in [-0.15, -0.1) is 0 Å². The second kappa shape index (κ2) is 8.15. The number of benzene rings is 1. The van der Waals surface area contributed by atoms with Crippen LogP contribution < -0.4 is 4.90 Å². The third-order valence-electron chi connectivity index (χ3n) is 3.37. The van der Waals surface area contributed by atoms with Crippen molar-refractivity contribution in [3.63, 3.8) is 0 Å². The van der Waals surface area contributed by atoms with Crippen molar-refractivity contribution < 1.29 is 9.90 Å². The quantitative estimate of drug-likeness (QED) is 0.772. The molecule has 0 aliphatic rings. The molecule has 1 aromatic rings. The molecule has 112 valence electrons. The Morgan fingerprint density at radius 3 is 2.25 bits per heavy atom. The Balaban J connectivity index is 2.89. The van der Waals surface area contributed by atoms with E-state index in [-0.39, 0.29) is 6.42 Å². The summed E-state index contributed by atoms with van der Waals surface area (Å²) in [6, 6.07) is 3.94. The number of carboxylic acids is 1. The van der Waals surface area contributed by atoms with Gasteiger partial charge in [0, 0.05) is 30.2 Å². The molecule has 1 N–H and O–H groups in total. The van der Waals surface area contributed by atoms with Crippen LogP contribution in [0.25, 0.3) is 0 Å². The van der Waals surface area contributed by atoms with E-state index in [9.17, 15) is 4.79 Å². The van der Waals surface area contributed by atoms with Gasteiger partial charge in [-0.25, -0.2) is 0 Å². The van der Waals surface area contributed by atoms with Crippen molar-refractivity contribution in [2.45, 2.75) is 46.5 Å². The molecule has 1 rings (SSSR count). The predicted molar refractivity (Wildman–Crippen MR) is 84.9 cm³/mol. The van der Waals surface area contributed by atoms with Crippen LogP contribution in [0, 0.1) is 13.8 Å². The highest BCUT2D eigenvalue weighted by Gasteiger charge is 2.13. The van der Waals surface area contributed by atoms with Gasteiger partial charge in [-0.2, -0.15) is 0 Å². The monoisotopic (exact) mass is 297 g/mol. The van der Waals surface area contributed by atoms with Crippen molar-refractivity contribution in [1.29, 1.82) is 0 Å². The van der Waals surface area contributed by atoms with E-state index in [1.165, 1.54) is 5.69 Å². The van der Waals surface area contributed by atoms with Gasteiger partial charge in [-0.05, 0) is 49.9 Å². The number of hydrogen-bond acceptors (Lipinski definition) is 2. The highest BCUT2D eigenvalue weighted by Crippen LogP contribution is 2.29. The lowest BCUT2D eigenvalue weighted by Gasteiger charge is -2.28. The van der Waals surface area contributed by atoms with Crippen molar-refractivity contribution >= 4 is 23.3 Å². The summed E-state index contributed by atoms with van der Waals surface area (Å²) in [6.45, 7) is 8.01. The van der Waals surface area contributed by atoms with Gasteiger partial charge < -0.3 is 10.0 Å². The number of hydrogen-bond donors (Lipinski definition) is 1. The molecule has 0 fully saturated rings. The van der Waals surface area contributed by atoms with Crippen LogP contribution in [0.4, 0.5) is 5.69 Å². The Morgan fingerprint density at radius 2 is 1.75 bits per heavy atom. The zero-order valence-electron chi connectivity index (χ0n) is 12.6. The molecule has 4 heteroatoms. The lowest BCUT2D eigenvalue weighted by Crippen LogP contribution is -2.27. The van der Waals surface area contributed by atoms with Crippen LogP contribution in [-0.4, -0.2) is 24.2 Å². The van der Waals surface area contributed by atoms with Crippen LogP contribution in [0.5, 0.6) is 0 Å². The number of unbranched alkanes of at least 4 members (excludes halogenated alkanes) is 1. The Morgan fingerprint density at radius 1 is 1.20 bits per heavy atom. The fourth-order valence-corrected chi connectivity index (χ4v) is 2.83. The minimum atomic E-state index is -0.731. The first-order chi connectivity index (χ1) is 9.45. The highest BCUT2D eigenvalue weighted by molar-refractivity contribution is 6.30. The summed E-state index contributed by atoms with van der Waals surface area (Å²) in [6.07, 6.45) is 3.12. The SMILES string of the molecule is CCCCN(CCCC(=O)O)c1c(C)cc(Cl)cc1C. The fraction of sp³-hybridized carbons (Fsp3) is 0.562. The summed E-state index contributed by atoms with van der Waals surface area (Å²) in [4.78, 5) is 13.0. The smallest absolute Gasteiger partial charge is 0.303 e. The molecule has 0 atom stereocenters. The summed E-state index contributed by atoms with van der Waals surface area (Å²) in [5, 5.41) is 9.54. The normalized spacial score (nSPS) is 10.6. The summed E-state index contributed by atoms with van der Waals surface area (Å²) in [5.41, 5.74) is 3.51. The van der Waals surface area contributed by atoms with Crippen molar-refractivity contribution in [3.8, 4) is 0 Å². The lowest BCUT2D eigenvalue weighted by atomic mass is 10.1. The van der Waals surface area contributed by atoms with Crippen LogP contribution in [-0.2, 0) is 4.79 Å². The Labute approximate surface area is 126 Å². The summed E-state index contributed by atoms with van der Waals surface area (Å²) >= 11 is 6.08. The molecular formula is C16H24ClNO2. The number of carbonyl (C=O) groups is 1. The van der Waals surface area contributed by atoms with Crippen molar-refractivity contribution in [2.75, 3.05) is 18.0 Å². The Bertz CT molecular complexity index is 437. The van der Waals surface area contributed by atoms with Crippen molar-refractivity contribution in [1.82, 2.24) is 0 Å². The molecule has 0 spiro atoms. The molecule has 1 aromatic carbocycles. The van der Waals surface area contributed by atoms with E-state index in [0.29, 0.717) is 6.42 Å². The molecule has 0 amide bonds. The number of halogens is 1. The molecule has 20 heavy (non-hydrogen) atoms. The maximum Gasteiger partial charge on any atom is 0.303 e. The number of nitrogens with zero attached hydrogens (tertiary/aromatic N) is 1. The molecule has 0 aliphatic heterocycles. The molecule has 0 heterocycles. The predicted octanol–water partition coefficient (Wildman–Crippen LogP) is 4.43. The molecular weight excluding hydrogens is 274 g/mol. The van der Waals surface area contributed by atoms with Gasteiger partial charge in [0.05, 0.1) is 0 Å². The topological polar surface area (TPSA) is 40.5 Å². The number of aliphatic carboxylic acids is 1. The lowest BCUT2D eigenvalue weighted by molar-refractivity contribution is -0.137. The van der Waals surface area contributed by atoms with E-state index in [2.05, 4.69) is 25.7 Å². The highest BCUT2D eigenvalue weighted by atomic mass is 35.5. The van der Waals surface area contributed by atoms with Crippen molar-refractivity contribution in [2.24, 2.45) is 0 Å². The molecule has 0 aliphatic carbocycles. The summed E-state index contributed by atoms with van der Waals surface area (Å²) < 4.78 is 0. The van der Waals surface area contributed by atoms with Gasteiger partial charge in [0.1, 0.15) is 0 Å². The van der Waals surface area contributed by atoms with Crippen LogP contribution in [0.2, 0.25) is 5.02 Å². The average Bonchev–Trinajstić information content (AvgIpc) is 2.33. The van der Waals surface area contributed by atoms with E-state index in [1.54, 1.807) is 0 Å². The summed E-state index contributed by atoms with van der Waals surface area (Å²) in [7, 11) is 0. The van der Waals surface area contributed by atoms with Gasteiger partial charge in [-0.1, -0.05) is 24.9 Å². The van der Waals surface area contributed by atoms with Crippen LogP contribution in [0.3, 0.4) is 0 Å². The zero-order valence-corrected chi connectivity index (χ0v) is 13.3.